The van der Waals surface area contributed by atoms with Gasteiger partial charge in [0.05, 0.1) is 5.56 Å². The van der Waals surface area contributed by atoms with Crippen LogP contribution < -0.4 is 5.32 Å². The summed E-state index contributed by atoms with van der Waals surface area (Å²) < 4.78 is 5.08. The van der Waals surface area contributed by atoms with Gasteiger partial charge in [0.2, 0.25) is 11.7 Å². The average molecular weight is 242 g/mol. The lowest BCUT2D eigenvalue weighted by Crippen LogP contribution is -2.14. The van der Waals surface area contributed by atoms with Crippen LogP contribution in [-0.4, -0.2) is 15.9 Å². The second-order valence-electron chi connectivity index (χ2n) is 3.67. The summed E-state index contributed by atoms with van der Waals surface area (Å²) in [5, 5.41) is 11.2. The Hall–Kier alpha value is -2.68. The maximum atomic E-state index is 11.9. The van der Waals surface area contributed by atoms with E-state index in [1.54, 1.807) is 26.1 Å². The van der Waals surface area contributed by atoms with E-state index < -0.39 is 5.91 Å². The molecule has 0 spiro atoms. The lowest BCUT2D eigenvalue weighted by atomic mass is 10.2. The molecule has 6 heteroatoms. The molecule has 6 nitrogen and oxygen atoms in total. The summed E-state index contributed by atoms with van der Waals surface area (Å²) in [5.74, 6) is 0.307. The molecule has 1 N–H and O–H groups in total. The predicted molar refractivity (Wildman–Crippen MR) is 62.9 cm³/mol. The number of rotatable bonds is 2. The van der Waals surface area contributed by atoms with Crippen LogP contribution in [0.3, 0.4) is 0 Å². The van der Waals surface area contributed by atoms with Gasteiger partial charge in [0.1, 0.15) is 11.8 Å². The van der Waals surface area contributed by atoms with Crippen molar-refractivity contribution in [1.82, 2.24) is 9.97 Å². The Bertz CT molecular complexity index is 640. The van der Waals surface area contributed by atoms with Crippen molar-refractivity contribution in [3.8, 4) is 6.07 Å². The van der Waals surface area contributed by atoms with E-state index in [-0.39, 0.29) is 11.7 Å². The van der Waals surface area contributed by atoms with Crippen molar-refractivity contribution < 1.29 is 9.21 Å². The van der Waals surface area contributed by atoms with Crippen LogP contribution in [0.1, 0.15) is 27.6 Å². The van der Waals surface area contributed by atoms with Gasteiger partial charge in [0.25, 0.3) is 5.91 Å². The van der Waals surface area contributed by atoms with E-state index in [0.717, 1.165) is 5.69 Å². The van der Waals surface area contributed by atoms with Gasteiger partial charge in [-0.2, -0.15) is 5.26 Å². The second-order valence-corrected chi connectivity index (χ2v) is 3.67. The molecule has 18 heavy (non-hydrogen) atoms. The van der Waals surface area contributed by atoms with Crippen molar-refractivity contribution in [3.63, 3.8) is 0 Å². The fraction of sp³-hybridized carbons (Fsp3) is 0.167. The molecule has 0 aliphatic carbocycles. The number of furan rings is 1. The molecule has 0 unspecified atom stereocenters. The summed E-state index contributed by atoms with van der Waals surface area (Å²) in [7, 11) is 0. The Balaban J connectivity index is 2.22. The molecular formula is C12H10N4O2. The van der Waals surface area contributed by atoms with Gasteiger partial charge in [-0.1, -0.05) is 0 Å². The summed E-state index contributed by atoms with van der Waals surface area (Å²) in [5.41, 5.74) is 1.05. The number of aromatic nitrogens is 2. The van der Waals surface area contributed by atoms with E-state index in [2.05, 4.69) is 15.3 Å². The van der Waals surface area contributed by atoms with Gasteiger partial charge in [-0.15, -0.1) is 0 Å². The molecule has 0 aromatic carbocycles. The Labute approximate surface area is 103 Å². The van der Waals surface area contributed by atoms with Crippen LogP contribution in [0, 0.1) is 25.2 Å². The Morgan fingerprint density at radius 3 is 2.89 bits per heavy atom. The van der Waals surface area contributed by atoms with Gasteiger partial charge < -0.3 is 4.42 Å². The largest absolute Gasteiger partial charge is 0.450 e. The molecule has 90 valence electrons. The highest BCUT2D eigenvalue weighted by atomic mass is 16.3. The minimum atomic E-state index is -0.400. The summed E-state index contributed by atoms with van der Waals surface area (Å²) in [6, 6.07) is 4.96. The molecule has 1 amide bonds. The molecule has 2 aromatic heterocycles. The number of hydrogen-bond acceptors (Lipinski definition) is 5. The highest BCUT2D eigenvalue weighted by Crippen LogP contribution is 2.15. The number of nitrogens with zero attached hydrogens (tertiary/aromatic N) is 3. The van der Waals surface area contributed by atoms with Crippen molar-refractivity contribution >= 4 is 11.9 Å². The van der Waals surface area contributed by atoms with E-state index in [0.29, 0.717) is 11.3 Å². The number of nitriles is 1. The van der Waals surface area contributed by atoms with Crippen LogP contribution in [0.15, 0.2) is 22.7 Å². The molecule has 0 radical (unpaired) electrons. The number of hydrogen-bond donors (Lipinski definition) is 1. The Kier molecular flexibility index (Phi) is 3.06. The summed E-state index contributed by atoms with van der Waals surface area (Å²) in [4.78, 5) is 19.9. The van der Waals surface area contributed by atoms with Crippen LogP contribution in [0.25, 0.3) is 0 Å². The smallest absolute Gasteiger partial charge is 0.261 e. The third-order valence-corrected chi connectivity index (χ3v) is 2.29. The van der Waals surface area contributed by atoms with Gasteiger partial charge in [0, 0.05) is 18.0 Å². The predicted octanol–water partition coefficient (Wildman–Crippen LogP) is 1.81. The van der Waals surface area contributed by atoms with Crippen molar-refractivity contribution in [2.45, 2.75) is 13.8 Å². The van der Waals surface area contributed by atoms with E-state index >= 15 is 0 Å². The molecule has 2 aromatic rings. The topological polar surface area (TPSA) is 91.8 Å². The number of aryl methyl sites for hydroxylation is 2. The van der Waals surface area contributed by atoms with Crippen LogP contribution >= 0.6 is 0 Å². The first-order valence-electron chi connectivity index (χ1n) is 5.21. The van der Waals surface area contributed by atoms with Crippen LogP contribution in [0.2, 0.25) is 0 Å². The van der Waals surface area contributed by atoms with Crippen LogP contribution in [-0.2, 0) is 0 Å². The van der Waals surface area contributed by atoms with Gasteiger partial charge >= 0.3 is 0 Å². The third kappa shape index (κ3) is 2.35. The molecule has 2 heterocycles. The maximum absolute atomic E-state index is 11.9. The first-order chi connectivity index (χ1) is 8.60. The summed E-state index contributed by atoms with van der Waals surface area (Å²) >= 11 is 0. The molecule has 0 fully saturated rings. The zero-order valence-electron chi connectivity index (χ0n) is 9.89. The third-order valence-electron chi connectivity index (χ3n) is 2.29. The minimum absolute atomic E-state index is 0.0998. The zero-order valence-corrected chi connectivity index (χ0v) is 9.89. The van der Waals surface area contributed by atoms with E-state index in [9.17, 15) is 4.79 Å². The highest BCUT2D eigenvalue weighted by Gasteiger charge is 2.15. The van der Waals surface area contributed by atoms with Gasteiger partial charge in [-0.05, 0) is 19.9 Å². The highest BCUT2D eigenvalue weighted by molar-refractivity contribution is 6.04. The maximum Gasteiger partial charge on any atom is 0.261 e. The first-order valence-corrected chi connectivity index (χ1v) is 5.21. The fourth-order valence-electron chi connectivity index (χ4n) is 1.44. The van der Waals surface area contributed by atoms with Crippen molar-refractivity contribution in [3.05, 3.63) is 41.1 Å². The summed E-state index contributed by atoms with van der Waals surface area (Å²) in [6.45, 7) is 3.42. The standard InChI is InChI=1S/C12H10N4O2/c1-7-3-4-14-12(15-7)16-11(17)10-5-9(6-13)18-8(10)2/h3-5H,1-2H3,(H,14,15,16,17). The zero-order chi connectivity index (χ0) is 13.1. The number of anilines is 1. The lowest BCUT2D eigenvalue weighted by molar-refractivity contribution is 0.102. The van der Waals surface area contributed by atoms with Gasteiger partial charge in [-0.25, -0.2) is 9.97 Å². The molecule has 2 rings (SSSR count). The normalized spacial score (nSPS) is 9.83. The molecular weight excluding hydrogens is 232 g/mol. The van der Waals surface area contributed by atoms with Crippen molar-refractivity contribution in [1.29, 1.82) is 5.26 Å². The number of carbonyl (C=O) groups is 1. The SMILES string of the molecule is Cc1ccnc(NC(=O)c2cc(C#N)oc2C)n1. The lowest BCUT2D eigenvalue weighted by Gasteiger charge is -2.02. The molecule has 0 saturated carbocycles. The molecule has 0 aliphatic rings. The molecule has 0 saturated heterocycles. The monoisotopic (exact) mass is 242 g/mol. The number of amides is 1. The van der Waals surface area contributed by atoms with Crippen molar-refractivity contribution in [2.75, 3.05) is 5.32 Å². The quantitative estimate of drug-likeness (QED) is 0.866. The van der Waals surface area contributed by atoms with E-state index in [4.69, 9.17) is 9.68 Å². The van der Waals surface area contributed by atoms with Crippen molar-refractivity contribution in [2.24, 2.45) is 0 Å². The minimum Gasteiger partial charge on any atom is -0.450 e. The fourth-order valence-corrected chi connectivity index (χ4v) is 1.44. The molecule has 0 atom stereocenters. The number of nitrogens with one attached hydrogen (secondary N) is 1. The molecule has 0 bridgehead atoms. The van der Waals surface area contributed by atoms with Crippen LogP contribution in [0.4, 0.5) is 5.95 Å². The number of carbonyl (C=O) groups excluding carboxylic acids is 1. The summed E-state index contributed by atoms with van der Waals surface area (Å²) in [6.07, 6.45) is 1.56. The molecule has 0 aliphatic heterocycles. The second kappa shape index (κ2) is 4.67. The van der Waals surface area contributed by atoms with E-state index in [1.165, 1.54) is 6.07 Å². The first kappa shape index (κ1) is 11.8. The van der Waals surface area contributed by atoms with Crippen LogP contribution in [0.5, 0.6) is 0 Å². The Morgan fingerprint density at radius 1 is 1.50 bits per heavy atom. The van der Waals surface area contributed by atoms with Gasteiger partial charge in [0.15, 0.2) is 0 Å². The van der Waals surface area contributed by atoms with Gasteiger partial charge in [-0.3, -0.25) is 10.1 Å². The van der Waals surface area contributed by atoms with E-state index in [1.807, 2.05) is 6.07 Å². The average Bonchev–Trinajstić information content (AvgIpc) is 2.70. The Morgan fingerprint density at radius 2 is 2.28 bits per heavy atom.